The Kier molecular flexibility index (Phi) is 4.94. The second kappa shape index (κ2) is 7.14. The molecule has 0 spiro atoms. The minimum absolute atomic E-state index is 0.0397. The van der Waals surface area contributed by atoms with Crippen LogP contribution in [0, 0.1) is 28.6 Å². The summed E-state index contributed by atoms with van der Waals surface area (Å²) in [5.74, 6) is 0.578. The van der Waals surface area contributed by atoms with Gasteiger partial charge in [0.25, 0.3) is 0 Å². The van der Waals surface area contributed by atoms with E-state index in [2.05, 4.69) is 11.1 Å². The first kappa shape index (κ1) is 17.3. The molecule has 1 heterocycles. The molecule has 124 valence electrons. The number of carbonyl (C=O) groups is 1. The van der Waals surface area contributed by atoms with Gasteiger partial charge in [0.1, 0.15) is 34.3 Å². The van der Waals surface area contributed by atoms with Crippen molar-refractivity contribution in [1.82, 2.24) is 4.98 Å². The van der Waals surface area contributed by atoms with Gasteiger partial charge in [-0.05, 0) is 30.5 Å². The summed E-state index contributed by atoms with van der Waals surface area (Å²) in [6, 6.07) is 11.0. The van der Waals surface area contributed by atoms with Gasteiger partial charge in [0.05, 0.1) is 11.3 Å². The third-order valence-electron chi connectivity index (χ3n) is 3.91. The van der Waals surface area contributed by atoms with Crippen molar-refractivity contribution in [3.8, 4) is 23.3 Å². The zero-order valence-corrected chi connectivity index (χ0v) is 14.7. The van der Waals surface area contributed by atoms with Crippen LogP contribution in [0.1, 0.15) is 24.0 Å². The van der Waals surface area contributed by atoms with E-state index in [1.54, 1.807) is 24.3 Å². The van der Waals surface area contributed by atoms with Crippen LogP contribution in [0.5, 0.6) is 0 Å². The van der Waals surface area contributed by atoms with Gasteiger partial charge in [0, 0.05) is 16.5 Å². The number of aromatic nitrogens is 1. The van der Waals surface area contributed by atoms with Crippen molar-refractivity contribution in [3.05, 3.63) is 40.4 Å². The molecule has 0 radical (unpaired) electrons. The molecule has 0 saturated heterocycles. The molecule has 0 bridgehead atoms. The molecule has 7 heteroatoms. The number of hydrogen-bond donors (Lipinski definition) is 1. The molecule has 2 N–H and O–H groups in total. The molecule has 1 aliphatic rings. The second-order valence-corrected chi connectivity index (χ2v) is 7.09. The van der Waals surface area contributed by atoms with E-state index in [0.29, 0.717) is 21.2 Å². The summed E-state index contributed by atoms with van der Waals surface area (Å²) in [7, 11) is 0. The number of ketones is 1. The van der Waals surface area contributed by atoms with Gasteiger partial charge in [-0.3, -0.25) is 4.79 Å². The predicted molar refractivity (Wildman–Crippen MR) is 97.0 cm³/mol. The number of rotatable bonds is 5. The zero-order chi connectivity index (χ0) is 18.0. The molecule has 1 aromatic heterocycles. The number of hydrogen-bond acceptors (Lipinski definition) is 6. The zero-order valence-electron chi connectivity index (χ0n) is 13.1. The Hall–Kier alpha value is -2.54. The molecular weight excluding hydrogens is 356 g/mol. The average molecular weight is 369 g/mol. The molecular formula is C18H13ClN4OS. The maximum Gasteiger partial charge on any atom is 0.146 e. The van der Waals surface area contributed by atoms with Crippen LogP contribution in [0.4, 0.5) is 5.82 Å². The van der Waals surface area contributed by atoms with E-state index < -0.39 is 0 Å². The largest absolute Gasteiger partial charge is 0.383 e. The number of nitrogen functional groups attached to an aromatic ring is 1. The molecule has 2 aromatic rings. The lowest BCUT2D eigenvalue weighted by atomic mass is 9.97. The lowest BCUT2D eigenvalue weighted by Gasteiger charge is -2.13. The van der Waals surface area contributed by atoms with Gasteiger partial charge in [-0.15, -0.1) is 0 Å². The number of nitriles is 2. The number of thioether (sulfide) groups is 1. The van der Waals surface area contributed by atoms with Gasteiger partial charge in [-0.1, -0.05) is 35.5 Å². The van der Waals surface area contributed by atoms with Crippen molar-refractivity contribution in [1.29, 1.82) is 10.5 Å². The third-order valence-corrected chi connectivity index (χ3v) is 5.15. The summed E-state index contributed by atoms with van der Waals surface area (Å²) in [4.78, 5) is 16.1. The summed E-state index contributed by atoms with van der Waals surface area (Å²) in [6.07, 6.45) is 1.86. The minimum Gasteiger partial charge on any atom is -0.383 e. The lowest BCUT2D eigenvalue weighted by molar-refractivity contribution is -0.117. The molecule has 1 aromatic carbocycles. The number of halogens is 1. The molecule has 25 heavy (non-hydrogen) atoms. The first-order valence-corrected chi connectivity index (χ1v) is 8.96. The SMILES string of the molecule is N#Cc1c(N)nc(SCC(=O)C2CC2)c(C#N)c1-c1cccc(Cl)c1. The first-order valence-electron chi connectivity index (χ1n) is 7.60. The molecule has 1 saturated carbocycles. The van der Waals surface area contributed by atoms with Crippen molar-refractivity contribution < 1.29 is 4.79 Å². The molecule has 1 aliphatic carbocycles. The van der Waals surface area contributed by atoms with Crippen LogP contribution in [0.15, 0.2) is 29.3 Å². The first-order chi connectivity index (χ1) is 12.0. The number of carbonyl (C=O) groups excluding carboxylic acids is 1. The fourth-order valence-corrected chi connectivity index (χ4v) is 3.66. The monoisotopic (exact) mass is 368 g/mol. The molecule has 0 atom stereocenters. The van der Waals surface area contributed by atoms with Crippen molar-refractivity contribution >= 4 is 35.0 Å². The number of benzene rings is 1. The van der Waals surface area contributed by atoms with Crippen molar-refractivity contribution in [3.63, 3.8) is 0 Å². The second-order valence-electron chi connectivity index (χ2n) is 5.69. The Morgan fingerprint density at radius 1 is 1.32 bits per heavy atom. The average Bonchev–Trinajstić information content (AvgIpc) is 3.44. The maximum atomic E-state index is 12.0. The number of pyridine rings is 1. The molecule has 0 amide bonds. The number of anilines is 1. The van der Waals surface area contributed by atoms with Crippen molar-refractivity contribution in [2.24, 2.45) is 5.92 Å². The van der Waals surface area contributed by atoms with Crippen molar-refractivity contribution in [2.45, 2.75) is 17.9 Å². The summed E-state index contributed by atoms with van der Waals surface area (Å²) in [6.45, 7) is 0. The Morgan fingerprint density at radius 3 is 2.64 bits per heavy atom. The highest BCUT2D eigenvalue weighted by Crippen LogP contribution is 2.37. The van der Waals surface area contributed by atoms with E-state index in [9.17, 15) is 15.3 Å². The third kappa shape index (κ3) is 3.61. The molecule has 3 rings (SSSR count). The van der Waals surface area contributed by atoms with Crippen LogP contribution in [-0.2, 0) is 4.79 Å². The van der Waals surface area contributed by atoms with Crippen LogP contribution in [0.2, 0.25) is 5.02 Å². The Morgan fingerprint density at radius 2 is 2.04 bits per heavy atom. The molecule has 0 aliphatic heterocycles. The maximum absolute atomic E-state index is 12.0. The predicted octanol–water partition coefficient (Wildman–Crippen LogP) is 3.80. The van der Waals surface area contributed by atoms with E-state index in [1.165, 1.54) is 11.8 Å². The van der Waals surface area contributed by atoms with Gasteiger partial charge in [-0.25, -0.2) is 4.98 Å². The Bertz CT molecular complexity index is 941. The Labute approximate surface area is 154 Å². The van der Waals surface area contributed by atoms with E-state index in [1.807, 2.05) is 6.07 Å². The minimum atomic E-state index is 0.0397. The van der Waals surface area contributed by atoms with E-state index in [-0.39, 0.29) is 34.4 Å². The topological polar surface area (TPSA) is 104 Å². The number of Topliss-reactive ketones (excluding diaryl/α,β-unsaturated/α-hetero) is 1. The van der Waals surface area contributed by atoms with Crippen LogP contribution in [0.25, 0.3) is 11.1 Å². The highest BCUT2D eigenvalue weighted by atomic mass is 35.5. The summed E-state index contributed by atoms with van der Waals surface area (Å²) >= 11 is 7.24. The van der Waals surface area contributed by atoms with E-state index in [0.717, 1.165) is 12.8 Å². The highest BCUT2D eigenvalue weighted by molar-refractivity contribution is 8.00. The summed E-state index contributed by atoms with van der Waals surface area (Å²) < 4.78 is 0. The number of nitrogens with zero attached hydrogens (tertiary/aromatic N) is 3. The fraction of sp³-hybridized carbons (Fsp3) is 0.222. The molecule has 5 nitrogen and oxygen atoms in total. The van der Waals surface area contributed by atoms with Gasteiger partial charge < -0.3 is 5.73 Å². The van der Waals surface area contributed by atoms with Gasteiger partial charge in [0.2, 0.25) is 0 Å². The van der Waals surface area contributed by atoms with Crippen LogP contribution in [-0.4, -0.2) is 16.5 Å². The molecule has 1 fully saturated rings. The van der Waals surface area contributed by atoms with Crippen molar-refractivity contribution in [2.75, 3.05) is 11.5 Å². The Balaban J connectivity index is 2.09. The fourth-order valence-electron chi connectivity index (χ4n) is 2.50. The van der Waals surface area contributed by atoms with Crippen LogP contribution < -0.4 is 5.73 Å². The number of nitrogens with two attached hydrogens (primary N) is 1. The summed E-state index contributed by atoms with van der Waals surface area (Å²) in [5, 5.41) is 20.0. The highest BCUT2D eigenvalue weighted by Gasteiger charge is 2.30. The van der Waals surface area contributed by atoms with Gasteiger partial charge in [-0.2, -0.15) is 10.5 Å². The van der Waals surface area contributed by atoms with E-state index in [4.69, 9.17) is 17.3 Å². The molecule has 0 unspecified atom stereocenters. The van der Waals surface area contributed by atoms with Gasteiger partial charge >= 0.3 is 0 Å². The standard InChI is InChI=1S/C18H13ClN4OS/c19-12-3-1-2-11(6-12)16-13(7-20)17(22)23-18(14(16)8-21)25-9-15(24)10-4-5-10/h1-3,6,10H,4-5,9H2,(H2,22,23). The summed E-state index contributed by atoms with van der Waals surface area (Å²) in [5.41, 5.74) is 7.33. The quantitative estimate of drug-likeness (QED) is 0.805. The van der Waals surface area contributed by atoms with E-state index >= 15 is 0 Å². The van der Waals surface area contributed by atoms with Gasteiger partial charge in [0.15, 0.2) is 0 Å². The lowest BCUT2D eigenvalue weighted by Crippen LogP contribution is -2.07. The van der Waals surface area contributed by atoms with Crippen LogP contribution >= 0.6 is 23.4 Å². The van der Waals surface area contributed by atoms with Crippen LogP contribution in [0.3, 0.4) is 0 Å². The smallest absolute Gasteiger partial charge is 0.146 e. The normalized spacial score (nSPS) is 13.1.